The Morgan fingerprint density at radius 3 is 2.38 bits per heavy atom. The first-order valence-corrected chi connectivity index (χ1v) is 8.59. The highest BCUT2D eigenvalue weighted by molar-refractivity contribution is 9.10. The zero-order valence-corrected chi connectivity index (χ0v) is 15.2. The minimum absolute atomic E-state index is 0.158. The van der Waals surface area contributed by atoms with E-state index in [0.717, 1.165) is 38.7 Å². The Hall–Kier alpha value is -0.840. The zero-order valence-electron chi connectivity index (χ0n) is 12.0. The molecule has 0 heterocycles. The molecular formula is C17H19Br2NO. The third kappa shape index (κ3) is 4.56. The summed E-state index contributed by atoms with van der Waals surface area (Å²) < 4.78 is 8.07. The third-order valence-electron chi connectivity index (χ3n) is 3.38. The number of para-hydroxylation sites is 1. The summed E-state index contributed by atoms with van der Waals surface area (Å²) in [6, 6.07) is 14.3. The lowest BCUT2D eigenvalue weighted by atomic mass is 10.0. The average molecular weight is 413 g/mol. The minimum Gasteiger partial charge on any atom is -0.487 e. The lowest BCUT2D eigenvalue weighted by molar-refractivity contribution is 0.299. The van der Waals surface area contributed by atoms with Gasteiger partial charge in [0.25, 0.3) is 0 Å². The van der Waals surface area contributed by atoms with Gasteiger partial charge in [-0.15, -0.1) is 0 Å². The van der Waals surface area contributed by atoms with E-state index in [1.54, 1.807) is 0 Å². The Labute approximate surface area is 143 Å². The van der Waals surface area contributed by atoms with E-state index in [1.807, 2.05) is 30.3 Å². The summed E-state index contributed by atoms with van der Waals surface area (Å²) >= 11 is 7.12. The van der Waals surface area contributed by atoms with Crippen LogP contribution in [0.3, 0.4) is 0 Å². The molecule has 2 aromatic rings. The predicted octanol–water partition coefficient (Wildman–Crippen LogP) is 5.07. The first kappa shape index (κ1) is 16.5. The lowest BCUT2D eigenvalue weighted by Crippen LogP contribution is -2.21. The summed E-state index contributed by atoms with van der Waals surface area (Å²) in [5.74, 6) is 0.886. The van der Waals surface area contributed by atoms with Gasteiger partial charge in [0.1, 0.15) is 12.4 Å². The molecule has 2 nitrogen and oxygen atoms in total. The van der Waals surface area contributed by atoms with Crippen LogP contribution >= 0.6 is 31.9 Å². The van der Waals surface area contributed by atoms with Crippen molar-refractivity contribution in [2.75, 3.05) is 0 Å². The second-order valence-electron chi connectivity index (χ2n) is 4.98. The van der Waals surface area contributed by atoms with Crippen molar-refractivity contribution in [1.29, 1.82) is 0 Å². The second kappa shape index (κ2) is 7.97. The standard InChI is InChI=1S/C17H19Br2NO/c1-2-14(20)10-12-7-5-9-16(19)17(12)21-11-13-6-3-4-8-15(13)18/h3-9,14H,2,10-11,20H2,1H3. The maximum Gasteiger partial charge on any atom is 0.137 e. The van der Waals surface area contributed by atoms with Gasteiger partial charge in [-0.05, 0) is 46.5 Å². The molecule has 112 valence electrons. The highest BCUT2D eigenvalue weighted by Gasteiger charge is 2.12. The fourth-order valence-electron chi connectivity index (χ4n) is 2.07. The molecule has 1 unspecified atom stereocenters. The van der Waals surface area contributed by atoms with E-state index in [2.05, 4.69) is 50.9 Å². The van der Waals surface area contributed by atoms with Crippen LogP contribution < -0.4 is 10.5 Å². The largest absolute Gasteiger partial charge is 0.487 e. The predicted molar refractivity (Wildman–Crippen MR) is 94.6 cm³/mol. The van der Waals surface area contributed by atoms with Crippen molar-refractivity contribution in [3.63, 3.8) is 0 Å². The van der Waals surface area contributed by atoms with E-state index < -0.39 is 0 Å². The zero-order chi connectivity index (χ0) is 15.2. The van der Waals surface area contributed by atoms with Crippen LogP contribution in [0.1, 0.15) is 24.5 Å². The van der Waals surface area contributed by atoms with Crippen LogP contribution in [-0.2, 0) is 13.0 Å². The van der Waals surface area contributed by atoms with Crippen molar-refractivity contribution in [3.8, 4) is 5.75 Å². The molecule has 0 saturated heterocycles. The Bertz CT molecular complexity index is 601. The lowest BCUT2D eigenvalue weighted by Gasteiger charge is -2.16. The van der Waals surface area contributed by atoms with Gasteiger partial charge in [-0.1, -0.05) is 53.2 Å². The van der Waals surface area contributed by atoms with Gasteiger partial charge in [0.15, 0.2) is 0 Å². The fraction of sp³-hybridized carbons (Fsp3) is 0.294. The molecule has 0 bridgehead atoms. The molecule has 0 amide bonds. The van der Waals surface area contributed by atoms with Crippen LogP contribution in [0.4, 0.5) is 0 Å². The van der Waals surface area contributed by atoms with E-state index >= 15 is 0 Å². The number of rotatable bonds is 6. The SMILES string of the molecule is CCC(N)Cc1cccc(Br)c1OCc1ccccc1Br. The van der Waals surface area contributed by atoms with Crippen LogP contribution in [0.5, 0.6) is 5.75 Å². The molecule has 0 aliphatic heterocycles. The minimum atomic E-state index is 0.158. The summed E-state index contributed by atoms with van der Waals surface area (Å²) in [4.78, 5) is 0. The monoisotopic (exact) mass is 411 g/mol. The molecular weight excluding hydrogens is 394 g/mol. The van der Waals surface area contributed by atoms with Gasteiger partial charge in [-0.3, -0.25) is 0 Å². The van der Waals surface area contributed by atoms with E-state index in [4.69, 9.17) is 10.5 Å². The maximum absolute atomic E-state index is 6.08. The van der Waals surface area contributed by atoms with Gasteiger partial charge in [0.05, 0.1) is 4.47 Å². The first-order valence-electron chi connectivity index (χ1n) is 7.01. The summed E-state index contributed by atoms with van der Waals surface area (Å²) in [7, 11) is 0. The van der Waals surface area contributed by atoms with Gasteiger partial charge in [-0.2, -0.15) is 0 Å². The summed E-state index contributed by atoms with van der Waals surface area (Å²) in [5, 5.41) is 0. The fourth-order valence-corrected chi connectivity index (χ4v) is 2.99. The highest BCUT2D eigenvalue weighted by atomic mass is 79.9. The Morgan fingerprint density at radius 1 is 1.00 bits per heavy atom. The van der Waals surface area contributed by atoms with Gasteiger partial charge in [-0.25, -0.2) is 0 Å². The molecule has 0 saturated carbocycles. The third-order valence-corrected chi connectivity index (χ3v) is 4.78. The molecule has 0 radical (unpaired) electrons. The van der Waals surface area contributed by atoms with E-state index in [-0.39, 0.29) is 6.04 Å². The van der Waals surface area contributed by atoms with Crippen LogP contribution in [0.25, 0.3) is 0 Å². The molecule has 21 heavy (non-hydrogen) atoms. The smallest absolute Gasteiger partial charge is 0.137 e. The van der Waals surface area contributed by atoms with Crippen LogP contribution in [0, 0.1) is 0 Å². The molecule has 0 aliphatic rings. The molecule has 2 N–H and O–H groups in total. The van der Waals surface area contributed by atoms with Gasteiger partial charge >= 0.3 is 0 Å². The molecule has 4 heteroatoms. The number of hydrogen-bond acceptors (Lipinski definition) is 2. The number of hydrogen-bond donors (Lipinski definition) is 1. The Morgan fingerprint density at radius 2 is 1.67 bits per heavy atom. The van der Waals surface area contributed by atoms with Gasteiger partial charge in [0, 0.05) is 16.1 Å². The van der Waals surface area contributed by atoms with Crippen LogP contribution in [0.2, 0.25) is 0 Å². The van der Waals surface area contributed by atoms with Crippen molar-refractivity contribution < 1.29 is 4.74 Å². The molecule has 0 fully saturated rings. The first-order chi connectivity index (χ1) is 10.1. The molecule has 0 aliphatic carbocycles. The summed E-state index contributed by atoms with van der Waals surface area (Å²) in [6.45, 7) is 2.63. The number of halogens is 2. The molecule has 1 atom stereocenters. The van der Waals surface area contributed by atoms with Gasteiger partial charge < -0.3 is 10.5 Å². The highest BCUT2D eigenvalue weighted by Crippen LogP contribution is 2.31. The van der Waals surface area contributed by atoms with Crippen molar-refractivity contribution in [1.82, 2.24) is 0 Å². The van der Waals surface area contributed by atoms with Crippen molar-refractivity contribution in [2.45, 2.75) is 32.4 Å². The number of nitrogens with two attached hydrogens (primary N) is 1. The van der Waals surface area contributed by atoms with Crippen LogP contribution in [-0.4, -0.2) is 6.04 Å². The quantitative estimate of drug-likeness (QED) is 0.718. The number of benzene rings is 2. The maximum atomic E-state index is 6.08. The topological polar surface area (TPSA) is 35.2 Å². The van der Waals surface area contributed by atoms with Crippen molar-refractivity contribution in [2.24, 2.45) is 5.73 Å². The Balaban J connectivity index is 2.17. The normalized spacial score (nSPS) is 12.2. The summed E-state index contributed by atoms with van der Waals surface area (Å²) in [5.41, 5.74) is 8.35. The van der Waals surface area contributed by atoms with E-state index in [1.165, 1.54) is 0 Å². The molecule has 0 spiro atoms. The van der Waals surface area contributed by atoms with E-state index in [0.29, 0.717) is 6.61 Å². The second-order valence-corrected chi connectivity index (χ2v) is 6.69. The summed E-state index contributed by atoms with van der Waals surface area (Å²) in [6.07, 6.45) is 1.78. The number of ether oxygens (including phenoxy) is 1. The average Bonchev–Trinajstić information content (AvgIpc) is 2.48. The van der Waals surface area contributed by atoms with Crippen molar-refractivity contribution in [3.05, 3.63) is 62.5 Å². The molecule has 2 rings (SSSR count). The molecule has 0 aromatic heterocycles. The van der Waals surface area contributed by atoms with Gasteiger partial charge in [0.2, 0.25) is 0 Å². The van der Waals surface area contributed by atoms with Crippen molar-refractivity contribution >= 4 is 31.9 Å². The van der Waals surface area contributed by atoms with E-state index in [9.17, 15) is 0 Å². The van der Waals surface area contributed by atoms with Crippen LogP contribution in [0.15, 0.2) is 51.4 Å². The Kier molecular flexibility index (Phi) is 6.27. The molecule has 2 aromatic carbocycles.